The number of carbonyl (C=O) groups excluding carboxylic acids is 1. The van der Waals surface area contributed by atoms with Gasteiger partial charge in [0, 0.05) is 23.9 Å². The number of hydrogen-bond donors (Lipinski definition) is 1. The van der Waals surface area contributed by atoms with Gasteiger partial charge in [-0.3, -0.25) is 9.69 Å². The van der Waals surface area contributed by atoms with Crippen molar-refractivity contribution in [3.05, 3.63) is 35.4 Å². The van der Waals surface area contributed by atoms with Crippen LogP contribution in [-0.4, -0.2) is 42.7 Å². The molecule has 1 fully saturated rings. The van der Waals surface area contributed by atoms with E-state index in [1.807, 2.05) is 18.2 Å². The second-order valence-electron chi connectivity index (χ2n) is 5.44. The SMILES string of the molecule is CSCc1cccc(C(=O)NCC(C)N2CCCC2)c1. The smallest absolute Gasteiger partial charge is 0.251 e. The van der Waals surface area contributed by atoms with E-state index in [1.54, 1.807) is 11.8 Å². The first-order valence-electron chi connectivity index (χ1n) is 7.31. The van der Waals surface area contributed by atoms with Crippen molar-refractivity contribution in [1.82, 2.24) is 10.2 Å². The van der Waals surface area contributed by atoms with Gasteiger partial charge in [0.25, 0.3) is 5.91 Å². The molecule has 110 valence electrons. The average Bonchev–Trinajstić information content (AvgIpc) is 2.99. The fourth-order valence-corrected chi connectivity index (χ4v) is 3.14. The summed E-state index contributed by atoms with van der Waals surface area (Å²) in [4.78, 5) is 14.6. The van der Waals surface area contributed by atoms with Crippen molar-refractivity contribution in [2.75, 3.05) is 25.9 Å². The molecule has 0 saturated carbocycles. The molecule has 0 bridgehead atoms. The Kier molecular flexibility index (Phi) is 5.92. The third-order valence-electron chi connectivity index (χ3n) is 3.82. The number of hydrogen-bond acceptors (Lipinski definition) is 3. The van der Waals surface area contributed by atoms with E-state index in [9.17, 15) is 4.79 Å². The molecule has 20 heavy (non-hydrogen) atoms. The normalized spacial score (nSPS) is 17.1. The van der Waals surface area contributed by atoms with Crippen LogP contribution in [0.25, 0.3) is 0 Å². The lowest BCUT2D eigenvalue weighted by Gasteiger charge is -2.23. The molecule has 1 aromatic carbocycles. The fraction of sp³-hybridized carbons (Fsp3) is 0.562. The van der Waals surface area contributed by atoms with Gasteiger partial charge in [-0.15, -0.1) is 0 Å². The highest BCUT2D eigenvalue weighted by Crippen LogP contribution is 2.12. The van der Waals surface area contributed by atoms with E-state index in [0.29, 0.717) is 6.04 Å². The van der Waals surface area contributed by atoms with Gasteiger partial charge in [0.05, 0.1) is 0 Å². The Balaban J connectivity index is 1.86. The summed E-state index contributed by atoms with van der Waals surface area (Å²) in [5.41, 5.74) is 1.97. The molecule has 0 radical (unpaired) electrons. The van der Waals surface area contributed by atoms with Crippen molar-refractivity contribution in [2.24, 2.45) is 0 Å². The minimum atomic E-state index is 0.0407. The van der Waals surface area contributed by atoms with Crippen LogP contribution in [0.1, 0.15) is 35.7 Å². The Morgan fingerprint density at radius 2 is 2.15 bits per heavy atom. The van der Waals surface area contributed by atoms with Gasteiger partial charge in [0.1, 0.15) is 0 Å². The Labute approximate surface area is 126 Å². The van der Waals surface area contributed by atoms with Gasteiger partial charge in [0.15, 0.2) is 0 Å². The number of amides is 1. The number of likely N-dealkylation sites (tertiary alicyclic amines) is 1. The molecule has 1 aliphatic heterocycles. The summed E-state index contributed by atoms with van der Waals surface area (Å²) in [5.74, 6) is 0.990. The lowest BCUT2D eigenvalue weighted by Crippen LogP contribution is -2.40. The third-order valence-corrected chi connectivity index (χ3v) is 4.44. The zero-order valence-electron chi connectivity index (χ0n) is 12.4. The number of benzene rings is 1. The summed E-state index contributed by atoms with van der Waals surface area (Å²) in [6.07, 6.45) is 4.65. The zero-order chi connectivity index (χ0) is 14.4. The summed E-state index contributed by atoms with van der Waals surface area (Å²) in [7, 11) is 0. The van der Waals surface area contributed by atoms with Gasteiger partial charge in [-0.1, -0.05) is 12.1 Å². The molecule has 3 nitrogen and oxygen atoms in total. The number of rotatable bonds is 6. The molecule has 1 amide bonds. The van der Waals surface area contributed by atoms with E-state index in [1.165, 1.54) is 31.5 Å². The highest BCUT2D eigenvalue weighted by molar-refractivity contribution is 7.97. The molecule has 2 rings (SSSR count). The number of carbonyl (C=O) groups is 1. The second-order valence-corrected chi connectivity index (χ2v) is 6.30. The summed E-state index contributed by atoms with van der Waals surface area (Å²) >= 11 is 1.77. The van der Waals surface area contributed by atoms with E-state index in [-0.39, 0.29) is 5.91 Å². The van der Waals surface area contributed by atoms with Crippen LogP contribution in [0.4, 0.5) is 0 Å². The van der Waals surface area contributed by atoms with Gasteiger partial charge in [-0.25, -0.2) is 0 Å². The van der Waals surface area contributed by atoms with Gasteiger partial charge < -0.3 is 5.32 Å². The van der Waals surface area contributed by atoms with Crippen LogP contribution in [0.2, 0.25) is 0 Å². The van der Waals surface area contributed by atoms with Crippen LogP contribution in [0, 0.1) is 0 Å². The van der Waals surface area contributed by atoms with Gasteiger partial charge in [0.2, 0.25) is 0 Å². The largest absolute Gasteiger partial charge is 0.350 e. The average molecular weight is 292 g/mol. The Morgan fingerprint density at radius 1 is 1.40 bits per heavy atom. The molecule has 0 aliphatic carbocycles. The minimum Gasteiger partial charge on any atom is -0.350 e. The molecule has 1 N–H and O–H groups in total. The first-order chi connectivity index (χ1) is 9.70. The van der Waals surface area contributed by atoms with Crippen molar-refractivity contribution >= 4 is 17.7 Å². The van der Waals surface area contributed by atoms with E-state index < -0.39 is 0 Å². The van der Waals surface area contributed by atoms with E-state index >= 15 is 0 Å². The van der Waals surface area contributed by atoms with Crippen LogP contribution in [0.3, 0.4) is 0 Å². The molecule has 1 unspecified atom stereocenters. The van der Waals surface area contributed by atoms with Gasteiger partial charge in [-0.2, -0.15) is 11.8 Å². The summed E-state index contributed by atoms with van der Waals surface area (Å²) in [5, 5.41) is 3.06. The predicted octanol–water partition coefficient (Wildman–Crippen LogP) is 2.76. The molecular formula is C16H24N2OS. The first-order valence-corrected chi connectivity index (χ1v) is 8.70. The van der Waals surface area contributed by atoms with Crippen LogP contribution in [0.5, 0.6) is 0 Å². The summed E-state index contributed by atoms with van der Waals surface area (Å²) < 4.78 is 0. The fourth-order valence-electron chi connectivity index (χ4n) is 2.62. The predicted molar refractivity (Wildman–Crippen MR) is 86.3 cm³/mol. The molecule has 1 atom stereocenters. The second kappa shape index (κ2) is 7.70. The molecule has 4 heteroatoms. The molecule has 1 aromatic rings. The number of thioether (sulfide) groups is 1. The van der Waals surface area contributed by atoms with Crippen molar-refractivity contribution in [1.29, 1.82) is 0 Å². The quantitative estimate of drug-likeness (QED) is 0.875. The highest BCUT2D eigenvalue weighted by atomic mass is 32.2. The van der Waals surface area contributed by atoms with Crippen LogP contribution in [0.15, 0.2) is 24.3 Å². The molecule has 1 aliphatic rings. The van der Waals surface area contributed by atoms with Crippen molar-refractivity contribution < 1.29 is 4.79 Å². The summed E-state index contributed by atoms with van der Waals surface area (Å²) in [6.45, 7) is 5.25. The number of nitrogens with zero attached hydrogens (tertiary/aromatic N) is 1. The van der Waals surface area contributed by atoms with E-state index in [0.717, 1.165) is 17.9 Å². The molecule has 0 aromatic heterocycles. The third kappa shape index (κ3) is 4.25. The molecule has 1 heterocycles. The Bertz CT molecular complexity index is 444. The van der Waals surface area contributed by atoms with Crippen molar-refractivity contribution in [2.45, 2.75) is 31.6 Å². The van der Waals surface area contributed by atoms with Gasteiger partial charge >= 0.3 is 0 Å². The molecular weight excluding hydrogens is 268 g/mol. The van der Waals surface area contributed by atoms with Gasteiger partial charge in [-0.05, 0) is 56.8 Å². The number of nitrogens with one attached hydrogen (secondary N) is 1. The zero-order valence-corrected chi connectivity index (χ0v) is 13.2. The first kappa shape index (κ1) is 15.4. The Hall–Kier alpha value is -1.00. The molecule has 0 spiro atoms. The van der Waals surface area contributed by atoms with E-state index in [2.05, 4.69) is 29.5 Å². The lowest BCUT2D eigenvalue weighted by molar-refractivity contribution is 0.0940. The lowest BCUT2D eigenvalue weighted by atomic mass is 10.1. The standard InChI is InChI=1S/C16H24N2OS/c1-13(18-8-3-4-9-18)11-17-16(19)15-7-5-6-14(10-15)12-20-2/h5-7,10,13H,3-4,8-9,11-12H2,1-2H3,(H,17,19). The highest BCUT2D eigenvalue weighted by Gasteiger charge is 2.18. The van der Waals surface area contributed by atoms with Crippen molar-refractivity contribution in [3.8, 4) is 0 Å². The van der Waals surface area contributed by atoms with Crippen LogP contribution in [-0.2, 0) is 5.75 Å². The van der Waals surface area contributed by atoms with Crippen LogP contribution >= 0.6 is 11.8 Å². The topological polar surface area (TPSA) is 32.3 Å². The van der Waals surface area contributed by atoms with Crippen molar-refractivity contribution in [3.63, 3.8) is 0 Å². The maximum absolute atomic E-state index is 12.2. The minimum absolute atomic E-state index is 0.0407. The van der Waals surface area contributed by atoms with E-state index in [4.69, 9.17) is 0 Å². The monoisotopic (exact) mass is 292 g/mol. The maximum atomic E-state index is 12.2. The maximum Gasteiger partial charge on any atom is 0.251 e. The molecule has 1 saturated heterocycles. The summed E-state index contributed by atoms with van der Waals surface area (Å²) in [6, 6.07) is 8.34. The Morgan fingerprint density at radius 3 is 2.85 bits per heavy atom. The van der Waals surface area contributed by atoms with Crippen LogP contribution < -0.4 is 5.32 Å².